The van der Waals surface area contributed by atoms with Gasteiger partial charge in [0.1, 0.15) is 11.4 Å². The van der Waals surface area contributed by atoms with Crippen LogP contribution in [0.4, 0.5) is 5.82 Å². The Morgan fingerprint density at radius 1 is 1.35 bits per heavy atom. The van der Waals surface area contributed by atoms with Crippen molar-refractivity contribution in [2.45, 2.75) is 45.1 Å². The van der Waals surface area contributed by atoms with E-state index in [1.165, 1.54) is 0 Å². The van der Waals surface area contributed by atoms with Gasteiger partial charge in [-0.25, -0.2) is 15.8 Å². The van der Waals surface area contributed by atoms with E-state index in [0.29, 0.717) is 25.6 Å². The Bertz CT molecular complexity index is 428. The van der Waals surface area contributed by atoms with E-state index in [1.807, 2.05) is 13.0 Å². The van der Waals surface area contributed by atoms with Crippen molar-refractivity contribution in [3.8, 4) is 0 Å². The van der Waals surface area contributed by atoms with Crippen molar-refractivity contribution in [3.05, 3.63) is 17.6 Å². The van der Waals surface area contributed by atoms with Crippen LogP contribution in [0.1, 0.15) is 44.6 Å². The largest absolute Gasteiger partial charge is 0.381 e. The zero-order valence-corrected chi connectivity index (χ0v) is 12.3. The van der Waals surface area contributed by atoms with Crippen LogP contribution in [0.25, 0.3) is 0 Å². The summed E-state index contributed by atoms with van der Waals surface area (Å²) >= 11 is 0. The number of nitrogens with two attached hydrogens (primary N) is 1. The van der Waals surface area contributed by atoms with Crippen molar-refractivity contribution >= 4 is 5.82 Å². The summed E-state index contributed by atoms with van der Waals surface area (Å²) in [6.45, 7) is 6.10. The van der Waals surface area contributed by atoms with Gasteiger partial charge in [-0.15, -0.1) is 0 Å². The topological polar surface area (TPSA) is 82.3 Å². The number of aromatic nitrogens is 2. The highest BCUT2D eigenvalue weighted by Gasteiger charge is 2.38. The molecule has 6 nitrogen and oxygen atoms in total. The fourth-order valence-corrected chi connectivity index (χ4v) is 2.57. The van der Waals surface area contributed by atoms with Crippen molar-refractivity contribution in [2.75, 3.05) is 25.2 Å². The number of hydrazine groups is 1. The Morgan fingerprint density at radius 3 is 2.70 bits per heavy atom. The predicted octanol–water partition coefficient (Wildman–Crippen LogP) is 1.76. The number of nitrogens with zero attached hydrogens (tertiary/aromatic N) is 2. The first-order valence-electron chi connectivity index (χ1n) is 7.31. The van der Waals surface area contributed by atoms with E-state index in [-0.39, 0.29) is 0 Å². The highest BCUT2D eigenvalue weighted by molar-refractivity contribution is 5.35. The van der Waals surface area contributed by atoms with Gasteiger partial charge in [0.15, 0.2) is 5.82 Å². The Labute approximate surface area is 120 Å². The summed E-state index contributed by atoms with van der Waals surface area (Å²) in [6.07, 6.45) is 3.50. The number of nitrogen functional groups attached to an aromatic ring is 1. The lowest BCUT2D eigenvalue weighted by molar-refractivity contribution is -0.117. The van der Waals surface area contributed by atoms with Crippen molar-refractivity contribution in [3.63, 3.8) is 0 Å². The lowest BCUT2D eigenvalue weighted by Gasteiger charge is -2.35. The van der Waals surface area contributed by atoms with E-state index in [9.17, 15) is 0 Å². The molecule has 1 aromatic rings. The number of nitrogens with one attached hydrogen (secondary N) is 1. The molecule has 0 aromatic carbocycles. The highest BCUT2D eigenvalue weighted by Crippen LogP contribution is 2.34. The number of anilines is 1. The molecule has 0 atom stereocenters. The third-order valence-corrected chi connectivity index (χ3v) is 3.56. The second-order valence-electron chi connectivity index (χ2n) is 5.00. The van der Waals surface area contributed by atoms with Crippen molar-refractivity contribution < 1.29 is 9.47 Å². The lowest BCUT2D eigenvalue weighted by atomic mass is 9.92. The molecule has 0 radical (unpaired) electrons. The summed E-state index contributed by atoms with van der Waals surface area (Å²) in [5.41, 5.74) is 3.18. The van der Waals surface area contributed by atoms with Gasteiger partial charge < -0.3 is 14.9 Å². The van der Waals surface area contributed by atoms with Gasteiger partial charge in [-0.05, 0) is 13.3 Å². The maximum absolute atomic E-state index is 6.02. The molecular formula is C14H24N4O2. The summed E-state index contributed by atoms with van der Waals surface area (Å²) in [7, 11) is 0. The fourth-order valence-electron chi connectivity index (χ4n) is 2.57. The molecule has 2 rings (SSSR count). The first-order chi connectivity index (χ1) is 9.74. The van der Waals surface area contributed by atoms with Gasteiger partial charge in [-0.1, -0.05) is 13.3 Å². The third kappa shape index (κ3) is 3.26. The van der Waals surface area contributed by atoms with Crippen LogP contribution in [0.2, 0.25) is 0 Å². The lowest BCUT2D eigenvalue weighted by Crippen LogP contribution is -2.38. The first kappa shape index (κ1) is 15.2. The molecule has 20 heavy (non-hydrogen) atoms. The van der Waals surface area contributed by atoms with Crippen molar-refractivity contribution in [2.24, 2.45) is 5.84 Å². The smallest absolute Gasteiger partial charge is 0.163 e. The first-order valence-corrected chi connectivity index (χ1v) is 7.31. The Morgan fingerprint density at radius 2 is 2.10 bits per heavy atom. The van der Waals surface area contributed by atoms with E-state index in [4.69, 9.17) is 20.3 Å². The number of rotatable bonds is 6. The molecule has 1 aromatic heterocycles. The van der Waals surface area contributed by atoms with E-state index in [2.05, 4.69) is 17.3 Å². The van der Waals surface area contributed by atoms with Crippen LogP contribution in [0.3, 0.4) is 0 Å². The maximum Gasteiger partial charge on any atom is 0.163 e. The second kappa shape index (κ2) is 6.97. The van der Waals surface area contributed by atoms with Crippen LogP contribution < -0.4 is 11.3 Å². The van der Waals surface area contributed by atoms with Crippen LogP contribution in [-0.2, 0) is 21.5 Å². The zero-order chi connectivity index (χ0) is 14.4. The molecule has 0 amide bonds. The zero-order valence-electron chi connectivity index (χ0n) is 12.3. The summed E-state index contributed by atoms with van der Waals surface area (Å²) in [5.74, 6) is 6.89. The summed E-state index contributed by atoms with van der Waals surface area (Å²) in [5, 5.41) is 0. The minimum Gasteiger partial charge on any atom is -0.381 e. The molecule has 2 heterocycles. The van der Waals surface area contributed by atoms with Crippen molar-refractivity contribution in [1.82, 2.24) is 9.97 Å². The quantitative estimate of drug-likeness (QED) is 0.610. The minimum absolute atomic E-state index is 0.442. The number of ether oxygens (including phenoxy) is 2. The molecule has 0 aliphatic carbocycles. The molecule has 1 aliphatic heterocycles. The van der Waals surface area contributed by atoms with Gasteiger partial charge in [0, 0.05) is 44.4 Å². The average molecular weight is 280 g/mol. The molecule has 0 saturated carbocycles. The number of hydrogen-bond acceptors (Lipinski definition) is 6. The van der Waals surface area contributed by atoms with Crippen LogP contribution in [-0.4, -0.2) is 29.8 Å². The summed E-state index contributed by atoms with van der Waals surface area (Å²) in [6, 6.07) is 1.89. The molecule has 1 aliphatic rings. The summed E-state index contributed by atoms with van der Waals surface area (Å²) in [4.78, 5) is 9.22. The predicted molar refractivity (Wildman–Crippen MR) is 77.2 cm³/mol. The molecule has 3 N–H and O–H groups in total. The summed E-state index contributed by atoms with van der Waals surface area (Å²) < 4.78 is 11.5. The standard InChI is InChI=1S/C14H24N4O2/c1-3-5-11-10-12(18-15)17-13(16-11)14(20-4-2)6-8-19-9-7-14/h10H,3-9,15H2,1-2H3,(H,16,17,18). The Balaban J connectivity index is 2.38. The average Bonchev–Trinajstić information content (AvgIpc) is 2.48. The van der Waals surface area contributed by atoms with Crippen LogP contribution >= 0.6 is 0 Å². The SMILES string of the molecule is CCCc1cc(NN)nc(C2(OCC)CCOCC2)n1. The normalized spacial score (nSPS) is 17.9. The Hall–Kier alpha value is -1.24. The van der Waals surface area contributed by atoms with E-state index < -0.39 is 5.60 Å². The van der Waals surface area contributed by atoms with Gasteiger partial charge >= 0.3 is 0 Å². The van der Waals surface area contributed by atoms with Gasteiger partial charge in [0.25, 0.3) is 0 Å². The molecule has 1 fully saturated rings. The van der Waals surface area contributed by atoms with Crippen LogP contribution in [0, 0.1) is 0 Å². The van der Waals surface area contributed by atoms with Gasteiger partial charge in [0.05, 0.1) is 0 Å². The molecule has 0 spiro atoms. The maximum atomic E-state index is 6.02. The number of aryl methyl sites for hydroxylation is 1. The molecule has 0 bridgehead atoms. The monoisotopic (exact) mass is 280 g/mol. The van der Waals surface area contributed by atoms with Crippen LogP contribution in [0.5, 0.6) is 0 Å². The van der Waals surface area contributed by atoms with Gasteiger partial charge in [-0.3, -0.25) is 0 Å². The van der Waals surface area contributed by atoms with E-state index in [1.54, 1.807) is 0 Å². The van der Waals surface area contributed by atoms with E-state index >= 15 is 0 Å². The minimum atomic E-state index is -0.442. The van der Waals surface area contributed by atoms with E-state index in [0.717, 1.165) is 37.2 Å². The molecule has 112 valence electrons. The highest BCUT2D eigenvalue weighted by atomic mass is 16.5. The molecule has 0 unspecified atom stereocenters. The molecule has 6 heteroatoms. The molecule has 1 saturated heterocycles. The fraction of sp³-hybridized carbons (Fsp3) is 0.714. The molecular weight excluding hydrogens is 256 g/mol. The van der Waals surface area contributed by atoms with Gasteiger partial charge in [-0.2, -0.15) is 0 Å². The third-order valence-electron chi connectivity index (χ3n) is 3.56. The van der Waals surface area contributed by atoms with Gasteiger partial charge in [0.2, 0.25) is 0 Å². The number of hydrogen-bond donors (Lipinski definition) is 2. The Kier molecular flexibility index (Phi) is 5.28. The second-order valence-corrected chi connectivity index (χ2v) is 5.00. The van der Waals surface area contributed by atoms with Crippen LogP contribution in [0.15, 0.2) is 6.07 Å². The van der Waals surface area contributed by atoms with Crippen molar-refractivity contribution in [1.29, 1.82) is 0 Å².